The maximum Gasteiger partial charge on any atom is 0.472 e. The molecule has 0 aromatic carbocycles. The first-order valence-corrected chi connectivity index (χ1v) is 22.1. The minimum Gasteiger partial charge on any atom is -0.387 e. The van der Waals surface area contributed by atoms with E-state index in [2.05, 4.69) is 104 Å². The van der Waals surface area contributed by atoms with Gasteiger partial charge in [0.05, 0.1) is 39.9 Å². The molecule has 0 bridgehead atoms. The Morgan fingerprint density at radius 3 is 1.69 bits per heavy atom. The number of quaternary nitrogens is 1. The molecule has 0 aliphatic carbocycles. The molecule has 54 heavy (non-hydrogen) atoms. The van der Waals surface area contributed by atoms with Gasteiger partial charge >= 0.3 is 7.82 Å². The van der Waals surface area contributed by atoms with Gasteiger partial charge in [-0.05, 0) is 83.5 Å². The standard InChI is InChI=1S/C45H77N2O6P/c1-6-8-10-12-14-16-18-20-22-23-25-27-29-31-33-35-37-39-45(49)46-43(42-53-54(50,51)52-41-40-47(3,4)5)44(48)38-36-34-32-30-28-26-24-21-19-17-15-13-11-9-7-2/h8,10,14,16,19-22,25,27-28,30-31,33,36,38,43-44,48H,6-7,9,11-13,15,17-18,23-24,26,29,32,34-35,37,39-42H2,1-5H3,(H-,46,49,50,51)/p+1/b10-8-,16-14-,21-19+,22-20-,27-25-,30-28+,33-31-,38-36+. The van der Waals surface area contributed by atoms with Gasteiger partial charge in [0.25, 0.3) is 0 Å². The zero-order valence-electron chi connectivity index (χ0n) is 34.7. The highest BCUT2D eigenvalue weighted by atomic mass is 31.2. The normalized spacial score (nSPS) is 15.5. The average molecular weight is 774 g/mol. The Labute approximate surface area is 330 Å². The van der Waals surface area contributed by atoms with Crippen molar-refractivity contribution < 1.29 is 32.9 Å². The zero-order chi connectivity index (χ0) is 40.0. The van der Waals surface area contributed by atoms with Crippen molar-refractivity contribution >= 4 is 13.7 Å². The van der Waals surface area contributed by atoms with Crippen molar-refractivity contribution in [2.75, 3.05) is 40.9 Å². The van der Waals surface area contributed by atoms with E-state index in [4.69, 9.17) is 9.05 Å². The number of unbranched alkanes of at least 4 members (excludes halogenated alkanes) is 8. The van der Waals surface area contributed by atoms with Crippen LogP contribution in [0.5, 0.6) is 0 Å². The molecule has 9 heteroatoms. The largest absolute Gasteiger partial charge is 0.472 e. The van der Waals surface area contributed by atoms with Crippen LogP contribution in [0.2, 0.25) is 0 Å². The predicted octanol–water partition coefficient (Wildman–Crippen LogP) is 11.2. The van der Waals surface area contributed by atoms with Crippen LogP contribution in [0.1, 0.15) is 129 Å². The van der Waals surface area contributed by atoms with Crippen LogP contribution in [0.25, 0.3) is 0 Å². The molecule has 0 fully saturated rings. The Hall–Kier alpha value is -2.58. The summed E-state index contributed by atoms with van der Waals surface area (Å²) in [5.41, 5.74) is 0. The number of carbonyl (C=O) groups is 1. The van der Waals surface area contributed by atoms with Gasteiger partial charge in [-0.25, -0.2) is 4.57 Å². The van der Waals surface area contributed by atoms with E-state index >= 15 is 0 Å². The number of likely N-dealkylation sites (N-methyl/N-ethyl adjacent to an activating group) is 1. The number of aliphatic hydroxyl groups excluding tert-OH is 1. The van der Waals surface area contributed by atoms with Crippen LogP contribution in [0, 0.1) is 0 Å². The highest BCUT2D eigenvalue weighted by Gasteiger charge is 2.27. The molecule has 0 aliphatic rings. The minimum absolute atomic E-state index is 0.0372. The van der Waals surface area contributed by atoms with Crippen LogP contribution in [-0.2, 0) is 18.4 Å². The number of hydrogen-bond acceptors (Lipinski definition) is 5. The van der Waals surface area contributed by atoms with Crippen molar-refractivity contribution in [2.45, 2.75) is 142 Å². The number of phosphoric ester groups is 1. The first-order valence-electron chi connectivity index (χ1n) is 20.6. The minimum atomic E-state index is -4.37. The summed E-state index contributed by atoms with van der Waals surface area (Å²) in [7, 11) is 1.49. The third-order valence-corrected chi connectivity index (χ3v) is 9.25. The van der Waals surface area contributed by atoms with Gasteiger partial charge in [0, 0.05) is 6.42 Å². The fourth-order valence-electron chi connectivity index (χ4n) is 4.99. The highest BCUT2D eigenvalue weighted by molar-refractivity contribution is 7.47. The topological polar surface area (TPSA) is 105 Å². The van der Waals surface area contributed by atoms with Crippen molar-refractivity contribution in [3.8, 4) is 0 Å². The maximum absolute atomic E-state index is 12.8. The molecule has 0 rings (SSSR count). The molecule has 8 nitrogen and oxygen atoms in total. The van der Waals surface area contributed by atoms with Gasteiger partial charge in [-0.1, -0.05) is 137 Å². The van der Waals surface area contributed by atoms with Crippen molar-refractivity contribution in [1.82, 2.24) is 5.32 Å². The molecule has 0 saturated carbocycles. The number of phosphoric acid groups is 1. The summed E-state index contributed by atoms with van der Waals surface area (Å²) < 4.78 is 23.4. The lowest BCUT2D eigenvalue weighted by atomic mass is 10.1. The van der Waals surface area contributed by atoms with Crippen LogP contribution in [0.3, 0.4) is 0 Å². The first kappa shape index (κ1) is 51.4. The van der Waals surface area contributed by atoms with Crippen molar-refractivity contribution in [2.24, 2.45) is 0 Å². The number of carbonyl (C=O) groups excluding carboxylic acids is 1. The molecule has 0 saturated heterocycles. The van der Waals surface area contributed by atoms with Crippen molar-refractivity contribution in [1.29, 1.82) is 0 Å². The number of hydrogen-bond donors (Lipinski definition) is 3. The summed E-state index contributed by atoms with van der Waals surface area (Å²) in [5.74, 6) is -0.254. The monoisotopic (exact) mass is 774 g/mol. The number of aliphatic hydroxyl groups is 1. The van der Waals surface area contributed by atoms with Crippen molar-refractivity contribution in [3.05, 3.63) is 97.2 Å². The van der Waals surface area contributed by atoms with Crippen LogP contribution >= 0.6 is 7.82 Å². The second kappa shape index (κ2) is 36.1. The van der Waals surface area contributed by atoms with Gasteiger partial charge in [0.2, 0.25) is 5.91 Å². The van der Waals surface area contributed by atoms with Crippen LogP contribution in [0.15, 0.2) is 97.2 Å². The number of nitrogens with one attached hydrogen (secondary N) is 1. The van der Waals surface area contributed by atoms with Gasteiger partial charge in [0.15, 0.2) is 0 Å². The predicted molar refractivity (Wildman–Crippen MR) is 230 cm³/mol. The molecule has 0 aliphatic heterocycles. The van der Waals surface area contributed by atoms with E-state index in [1.54, 1.807) is 6.08 Å². The molecular weight excluding hydrogens is 695 g/mol. The fraction of sp³-hybridized carbons (Fsp3) is 0.622. The highest BCUT2D eigenvalue weighted by Crippen LogP contribution is 2.43. The Kier molecular flexibility index (Phi) is 34.4. The third-order valence-electron chi connectivity index (χ3n) is 8.27. The smallest absolute Gasteiger partial charge is 0.387 e. The molecule has 0 radical (unpaired) electrons. The van der Waals surface area contributed by atoms with Gasteiger partial charge < -0.3 is 19.8 Å². The summed E-state index contributed by atoms with van der Waals surface area (Å²) in [6, 6.07) is -0.904. The van der Waals surface area contributed by atoms with Gasteiger partial charge in [-0.15, -0.1) is 0 Å². The number of amides is 1. The SMILES string of the molecule is CC/C=C\C/C=C\C/C=C\C/C=C\C/C=C\CCCC(=O)NC(COP(=O)(O)OCC[N+](C)(C)C)C(O)/C=C/CC/C=C/CC/C=C/CCCCCCC. The average Bonchev–Trinajstić information content (AvgIpc) is 3.12. The van der Waals surface area contributed by atoms with Crippen molar-refractivity contribution in [3.63, 3.8) is 0 Å². The molecular formula is C45H78N2O6P+. The van der Waals surface area contributed by atoms with Crippen LogP contribution in [0.4, 0.5) is 0 Å². The summed E-state index contributed by atoms with van der Waals surface area (Å²) in [6.45, 7) is 4.57. The molecule has 308 valence electrons. The molecule has 3 atom stereocenters. The van der Waals surface area contributed by atoms with Gasteiger partial charge in [-0.2, -0.15) is 0 Å². The lowest BCUT2D eigenvalue weighted by Gasteiger charge is -2.25. The van der Waals surface area contributed by atoms with E-state index in [0.717, 1.165) is 70.6 Å². The van der Waals surface area contributed by atoms with E-state index in [-0.39, 0.29) is 25.5 Å². The fourth-order valence-corrected chi connectivity index (χ4v) is 5.72. The van der Waals surface area contributed by atoms with Crippen LogP contribution in [-0.4, -0.2) is 73.4 Å². The van der Waals surface area contributed by atoms with Crippen LogP contribution < -0.4 is 5.32 Å². The summed E-state index contributed by atoms with van der Waals surface area (Å²) in [4.78, 5) is 23.0. The van der Waals surface area contributed by atoms with Gasteiger partial charge in [0.1, 0.15) is 13.2 Å². The van der Waals surface area contributed by atoms with E-state index in [1.807, 2.05) is 27.2 Å². The van der Waals surface area contributed by atoms with E-state index in [1.165, 1.54) is 32.1 Å². The zero-order valence-corrected chi connectivity index (χ0v) is 35.6. The summed E-state index contributed by atoms with van der Waals surface area (Å²) in [6.07, 6.45) is 50.6. The summed E-state index contributed by atoms with van der Waals surface area (Å²) in [5, 5.41) is 13.7. The second-order valence-corrected chi connectivity index (χ2v) is 16.1. The van der Waals surface area contributed by atoms with E-state index in [0.29, 0.717) is 17.4 Å². The molecule has 3 N–H and O–H groups in total. The molecule has 1 amide bonds. The third kappa shape index (κ3) is 37.7. The second-order valence-electron chi connectivity index (χ2n) is 14.6. The quantitative estimate of drug-likeness (QED) is 0.0256. The molecule has 0 aromatic heterocycles. The lowest BCUT2D eigenvalue weighted by molar-refractivity contribution is -0.870. The molecule has 0 heterocycles. The lowest BCUT2D eigenvalue weighted by Crippen LogP contribution is -2.45. The van der Waals surface area contributed by atoms with Gasteiger partial charge in [-0.3, -0.25) is 13.8 Å². The molecule has 0 aromatic rings. The number of allylic oxidation sites excluding steroid dienone is 15. The van der Waals surface area contributed by atoms with E-state index < -0.39 is 20.0 Å². The Balaban J connectivity index is 4.70. The maximum atomic E-state index is 12.8. The molecule has 3 unspecified atom stereocenters. The Morgan fingerprint density at radius 1 is 0.648 bits per heavy atom. The molecule has 0 spiro atoms. The number of nitrogens with zero attached hydrogens (tertiary/aromatic N) is 1. The summed E-state index contributed by atoms with van der Waals surface area (Å²) >= 11 is 0. The number of rotatable bonds is 35. The van der Waals surface area contributed by atoms with E-state index in [9.17, 15) is 19.4 Å². The Morgan fingerprint density at radius 2 is 1.13 bits per heavy atom. The first-order chi connectivity index (χ1) is 26.0. The Bertz CT molecular complexity index is 1190.